The molecule has 1 aromatic carbocycles. The van der Waals surface area contributed by atoms with Gasteiger partial charge >= 0.3 is 0 Å². The first-order valence-corrected chi connectivity index (χ1v) is 7.67. The first-order valence-electron chi connectivity index (χ1n) is 6.88. The number of benzene rings is 1. The molecule has 0 aliphatic carbocycles. The highest BCUT2D eigenvalue weighted by molar-refractivity contribution is 9.10. The van der Waals surface area contributed by atoms with Crippen LogP contribution in [0.3, 0.4) is 0 Å². The molecule has 0 bridgehead atoms. The van der Waals surface area contributed by atoms with Gasteiger partial charge in [-0.05, 0) is 37.1 Å². The molecule has 1 N–H and O–H groups in total. The van der Waals surface area contributed by atoms with Crippen LogP contribution in [0.4, 0.5) is 0 Å². The summed E-state index contributed by atoms with van der Waals surface area (Å²) in [5, 5.41) is 15.1. The molecule has 5 nitrogen and oxygen atoms in total. The van der Waals surface area contributed by atoms with Crippen molar-refractivity contribution in [1.82, 2.24) is 14.8 Å². The molecule has 21 heavy (non-hydrogen) atoms. The fourth-order valence-electron chi connectivity index (χ4n) is 2.15. The second kappa shape index (κ2) is 6.58. The average molecular weight is 354 g/mol. The maximum atomic E-state index is 11.0. The van der Waals surface area contributed by atoms with E-state index in [0.29, 0.717) is 0 Å². The Bertz CT molecular complexity index is 557. The quantitative estimate of drug-likeness (QED) is 0.866. The Labute approximate surface area is 133 Å². The Hall–Kier alpha value is -1.40. The molecule has 0 fully saturated rings. The highest BCUT2D eigenvalue weighted by Crippen LogP contribution is 2.30. The van der Waals surface area contributed by atoms with Crippen LogP contribution < -0.4 is 4.74 Å². The molecular formula is C15H20BrN3O2. The standard InChI is InChI=1S/C15H20BrN3O2/c1-11(2)15(20,12(3)19-10-17-9-18-19)8-21-14-6-4-13(16)5-7-14/h4-7,9-12,20H,8H2,1-3H3. The molecule has 2 unspecified atom stereocenters. The van der Waals surface area contributed by atoms with Crippen LogP contribution in [0.2, 0.25) is 0 Å². The fourth-order valence-corrected chi connectivity index (χ4v) is 2.41. The smallest absolute Gasteiger partial charge is 0.137 e. The second-order valence-corrected chi connectivity index (χ2v) is 6.36. The molecule has 0 spiro atoms. The van der Waals surface area contributed by atoms with E-state index in [-0.39, 0.29) is 18.6 Å². The van der Waals surface area contributed by atoms with Crippen molar-refractivity contribution in [2.75, 3.05) is 6.61 Å². The number of hydrogen-bond acceptors (Lipinski definition) is 4. The first-order chi connectivity index (χ1) is 9.93. The van der Waals surface area contributed by atoms with E-state index in [0.717, 1.165) is 10.2 Å². The van der Waals surface area contributed by atoms with Crippen LogP contribution >= 0.6 is 15.9 Å². The molecule has 6 heteroatoms. The van der Waals surface area contributed by atoms with Crippen molar-refractivity contribution in [3.63, 3.8) is 0 Å². The van der Waals surface area contributed by atoms with Gasteiger partial charge in [0.15, 0.2) is 0 Å². The van der Waals surface area contributed by atoms with E-state index in [1.54, 1.807) is 11.0 Å². The number of ether oxygens (including phenoxy) is 1. The van der Waals surface area contributed by atoms with E-state index in [2.05, 4.69) is 26.0 Å². The summed E-state index contributed by atoms with van der Waals surface area (Å²) in [5.41, 5.74) is -1.04. The Morgan fingerprint density at radius 3 is 2.48 bits per heavy atom. The van der Waals surface area contributed by atoms with Crippen molar-refractivity contribution in [3.05, 3.63) is 41.4 Å². The highest BCUT2D eigenvalue weighted by atomic mass is 79.9. The molecule has 1 heterocycles. The van der Waals surface area contributed by atoms with Gasteiger partial charge in [-0.3, -0.25) is 0 Å². The largest absolute Gasteiger partial charge is 0.490 e. The molecule has 0 saturated heterocycles. The summed E-state index contributed by atoms with van der Waals surface area (Å²) in [4.78, 5) is 3.94. The van der Waals surface area contributed by atoms with Gasteiger partial charge in [0.2, 0.25) is 0 Å². The third kappa shape index (κ3) is 3.63. The zero-order valence-corrected chi connectivity index (χ0v) is 14.0. The number of hydrogen-bond donors (Lipinski definition) is 1. The summed E-state index contributed by atoms with van der Waals surface area (Å²) in [7, 11) is 0. The van der Waals surface area contributed by atoms with E-state index in [9.17, 15) is 5.11 Å². The van der Waals surface area contributed by atoms with Crippen LogP contribution in [-0.4, -0.2) is 32.1 Å². The average Bonchev–Trinajstić information content (AvgIpc) is 2.99. The van der Waals surface area contributed by atoms with E-state index < -0.39 is 5.60 Å². The van der Waals surface area contributed by atoms with Crippen LogP contribution in [0.15, 0.2) is 41.4 Å². The molecule has 2 atom stereocenters. The van der Waals surface area contributed by atoms with Crippen molar-refractivity contribution >= 4 is 15.9 Å². The summed E-state index contributed by atoms with van der Waals surface area (Å²) in [6, 6.07) is 7.31. The summed E-state index contributed by atoms with van der Waals surface area (Å²) in [5.74, 6) is 0.732. The zero-order chi connectivity index (χ0) is 15.5. The third-order valence-corrected chi connectivity index (χ3v) is 4.37. The third-order valence-electron chi connectivity index (χ3n) is 3.84. The van der Waals surface area contributed by atoms with Crippen molar-refractivity contribution < 1.29 is 9.84 Å². The van der Waals surface area contributed by atoms with Crippen molar-refractivity contribution in [2.45, 2.75) is 32.4 Å². The lowest BCUT2D eigenvalue weighted by Crippen LogP contribution is -2.48. The second-order valence-electron chi connectivity index (χ2n) is 5.44. The van der Waals surface area contributed by atoms with Gasteiger partial charge in [-0.25, -0.2) is 9.67 Å². The lowest BCUT2D eigenvalue weighted by molar-refractivity contribution is -0.0812. The van der Waals surface area contributed by atoms with E-state index in [4.69, 9.17) is 4.74 Å². The van der Waals surface area contributed by atoms with Crippen LogP contribution in [0, 0.1) is 5.92 Å². The molecule has 0 amide bonds. The van der Waals surface area contributed by atoms with Gasteiger partial charge in [-0.15, -0.1) is 0 Å². The summed E-state index contributed by atoms with van der Waals surface area (Å²) in [6.45, 7) is 6.05. The minimum Gasteiger partial charge on any atom is -0.490 e. The van der Waals surface area contributed by atoms with Gasteiger partial charge in [-0.2, -0.15) is 5.10 Å². The van der Waals surface area contributed by atoms with Crippen molar-refractivity contribution in [2.24, 2.45) is 5.92 Å². The topological polar surface area (TPSA) is 60.2 Å². The lowest BCUT2D eigenvalue weighted by Gasteiger charge is -2.37. The minimum absolute atomic E-state index is 0.00662. The van der Waals surface area contributed by atoms with Crippen LogP contribution in [-0.2, 0) is 0 Å². The normalized spacial score (nSPS) is 15.7. The van der Waals surface area contributed by atoms with Crippen LogP contribution in [0.1, 0.15) is 26.8 Å². The molecule has 2 aromatic rings. The van der Waals surface area contributed by atoms with Crippen LogP contribution in [0.25, 0.3) is 0 Å². The Morgan fingerprint density at radius 1 is 1.29 bits per heavy atom. The lowest BCUT2D eigenvalue weighted by atomic mass is 9.84. The molecule has 0 aliphatic heterocycles. The Kier molecular flexibility index (Phi) is 5.00. The van der Waals surface area contributed by atoms with Gasteiger partial charge in [0.05, 0.1) is 6.04 Å². The van der Waals surface area contributed by atoms with Gasteiger partial charge in [0.1, 0.15) is 30.6 Å². The maximum absolute atomic E-state index is 11.0. The summed E-state index contributed by atoms with van der Waals surface area (Å²) >= 11 is 3.39. The zero-order valence-electron chi connectivity index (χ0n) is 12.4. The van der Waals surface area contributed by atoms with Crippen molar-refractivity contribution in [3.8, 4) is 5.75 Å². The van der Waals surface area contributed by atoms with Gasteiger partial charge in [0.25, 0.3) is 0 Å². The number of halogens is 1. The Morgan fingerprint density at radius 2 is 1.95 bits per heavy atom. The number of aromatic nitrogens is 3. The molecule has 0 aliphatic rings. The maximum Gasteiger partial charge on any atom is 0.137 e. The molecule has 2 rings (SSSR count). The summed E-state index contributed by atoms with van der Waals surface area (Å²) < 4.78 is 8.42. The minimum atomic E-state index is -1.04. The van der Waals surface area contributed by atoms with Gasteiger partial charge in [-0.1, -0.05) is 29.8 Å². The molecule has 1 aromatic heterocycles. The van der Waals surface area contributed by atoms with E-state index in [1.165, 1.54) is 6.33 Å². The SMILES string of the molecule is CC(C)C(O)(COc1ccc(Br)cc1)C(C)n1cncn1. The van der Waals surface area contributed by atoms with Gasteiger partial charge < -0.3 is 9.84 Å². The molecular weight excluding hydrogens is 334 g/mol. The first kappa shape index (κ1) is 16.0. The van der Waals surface area contributed by atoms with Crippen LogP contribution in [0.5, 0.6) is 5.75 Å². The molecule has 114 valence electrons. The Balaban J connectivity index is 2.12. The number of rotatable bonds is 6. The predicted molar refractivity (Wildman–Crippen MR) is 84.2 cm³/mol. The highest BCUT2D eigenvalue weighted by Gasteiger charge is 2.39. The fraction of sp³-hybridized carbons (Fsp3) is 0.467. The van der Waals surface area contributed by atoms with Gasteiger partial charge in [0, 0.05) is 4.47 Å². The summed E-state index contributed by atoms with van der Waals surface area (Å²) in [6.07, 6.45) is 3.07. The molecule has 0 radical (unpaired) electrons. The molecule has 0 saturated carbocycles. The monoisotopic (exact) mass is 353 g/mol. The predicted octanol–water partition coefficient (Wildman–Crippen LogP) is 3.07. The van der Waals surface area contributed by atoms with Crippen molar-refractivity contribution in [1.29, 1.82) is 0 Å². The number of nitrogens with zero attached hydrogens (tertiary/aromatic N) is 3. The number of aliphatic hydroxyl groups is 1. The van der Waals surface area contributed by atoms with E-state index in [1.807, 2.05) is 45.0 Å². The van der Waals surface area contributed by atoms with E-state index >= 15 is 0 Å².